The molecule has 4 nitrogen and oxygen atoms in total. The van der Waals surface area contributed by atoms with Gasteiger partial charge >= 0.3 is 5.97 Å². The van der Waals surface area contributed by atoms with Crippen LogP contribution in [0.1, 0.15) is 19.4 Å². The Kier molecular flexibility index (Phi) is 4.92. The molecule has 1 aromatic carbocycles. The van der Waals surface area contributed by atoms with Crippen molar-refractivity contribution < 1.29 is 14.7 Å². The van der Waals surface area contributed by atoms with E-state index in [1.165, 1.54) is 13.8 Å². The van der Waals surface area contributed by atoms with Crippen LogP contribution >= 0.6 is 11.6 Å². The molecule has 0 fully saturated rings. The Morgan fingerprint density at radius 3 is 2.50 bits per heavy atom. The van der Waals surface area contributed by atoms with Crippen LogP contribution in [-0.4, -0.2) is 17.0 Å². The predicted octanol–water partition coefficient (Wildman–Crippen LogP) is 2.38. The maximum Gasteiger partial charge on any atom is 0.331 e. The van der Waals surface area contributed by atoms with Crippen LogP contribution in [0.15, 0.2) is 35.4 Å². The van der Waals surface area contributed by atoms with Gasteiger partial charge in [0.25, 0.3) is 0 Å². The first-order chi connectivity index (χ1) is 8.41. The summed E-state index contributed by atoms with van der Waals surface area (Å²) >= 11 is 5.81. The topological polar surface area (TPSA) is 66.4 Å². The molecule has 1 amide bonds. The van der Waals surface area contributed by atoms with Crippen molar-refractivity contribution >= 4 is 23.5 Å². The number of aliphatic carboxylic acids is 1. The molecule has 18 heavy (non-hydrogen) atoms. The van der Waals surface area contributed by atoms with Gasteiger partial charge in [-0.3, -0.25) is 4.79 Å². The molecule has 0 aliphatic rings. The maximum absolute atomic E-state index is 11.7. The van der Waals surface area contributed by atoms with Gasteiger partial charge < -0.3 is 10.4 Å². The van der Waals surface area contributed by atoms with E-state index >= 15 is 0 Å². The summed E-state index contributed by atoms with van der Waals surface area (Å²) in [5, 5.41) is 12.0. The average Bonchev–Trinajstić information content (AvgIpc) is 2.34. The molecular weight excluding hydrogens is 254 g/mol. The molecule has 0 spiro atoms. The molecule has 0 aromatic heterocycles. The monoisotopic (exact) mass is 267 g/mol. The number of hydrogen-bond donors (Lipinski definition) is 2. The van der Waals surface area contributed by atoms with Crippen LogP contribution in [0.25, 0.3) is 0 Å². The summed E-state index contributed by atoms with van der Waals surface area (Å²) in [4.78, 5) is 22.4. The van der Waals surface area contributed by atoms with Gasteiger partial charge in [-0.25, -0.2) is 4.79 Å². The zero-order valence-electron chi connectivity index (χ0n) is 10.2. The highest BCUT2D eigenvalue weighted by molar-refractivity contribution is 6.30. The lowest BCUT2D eigenvalue weighted by Crippen LogP contribution is -2.25. The standard InChI is InChI=1S/C13H14ClNO3/c1-8(9(2)13(17)18)12(16)15-7-10-4-3-5-11(14)6-10/h3-6H,7H2,1-2H3,(H,15,16)(H,17,18). The lowest BCUT2D eigenvalue weighted by molar-refractivity contribution is -0.133. The van der Waals surface area contributed by atoms with Crippen molar-refractivity contribution in [3.63, 3.8) is 0 Å². The Morgan fingerprint density at radius 2 is 1.94 bits per heavy atom. The molecule has 96 valence electrons. The molecule has 0 atom stereocenters. The summed E-state index contributed by atoms with van der Waals surface area (Å²) in [6.45, 7) is 3.19. The molecule has 0 heterocycles. The third kappa shape index (κ3) is 3.89. The van der Waals surface area contributed by atoms with Crippen LogP contribution in [0.4, 0.5) is 0 Å². The Bertz CT molecular complexity index is 509. The van der Waals surface area contributed by atoms with Gasteiger partial charge in [0.1, 0.15) is 0 Å². The molecule has 0 unspecified atom stereocenters. The van der Waals surface area contributed by atoms with Crippen molar-refractivity contribution in [2.45, 2.75) is 20.4 Å². The lowest BCUT2D eigenvalue weighted by atomic mass is 10.1. The molecule has 1 rings (SSSR count). The molecule has 0 saturated carbocycles. The number of carboxylic acids is 1. The van der Waals surface area contributed by atoms with Crippen LogP contribution in [0, 0.1) is 0 Å². The average molecular weight is 268 g/mol. The summed E-state index contributed by atoms with van der Waals surface area (Å²) in [7, 11) is 0. The van der Waals surface area contributed by atoms with Gasteiger partial charge in [0.15, 0.2) is 0 Å². The number of amides is 1. The van der Waals surface area contributed by atoms with Crippen molar-refractivity contribution in [2.24, 2.45) is 0 Å². The van der Waals surface area contributed by atoms with Gasteiger partial charge in [-0.2, -0.15) is 0 Å². The number of carbonyl (C=O) groups excluding carboxylic acids is 1. The zero-order chi connectivity index (χ0) is 13.7. The first kappa shape index (κ1) is 14.3. The number of benzene rings is 1. The Morgan fingerprint density at radius 1 is 1.28 bits per heavy atom. The fraction of sp³-hybridized carbons (Fsp3) is 0.231. The van der Waals surface area contributed by atoms with Crippen molar-refractivity contribution in [1.29, 1.82) is 0 Å². The highest BCUT2D eigenvalue weighted by Gasteiger charge is 2.12. The van der Waals surface area contributed by atoms with Crippen LogP contribution in [-0.2, 0) is 16.1 Å². The molecule has 0 bridgehead atoms. The second-order valence-corrected chi connectivity index (χ2v) is 4.30. The maximum atomic E-state index is 11.7. The Balaban J connectivity index is 2.67. The van der Waals surface area contributed by atoms with Gasteiger partial charge in [-0.15, -0.1) is 0 Å². The van der Waals surface area contributed by atoms with E-state index in [0.29, 0.717) is 11.6 Å². The van der Waals surface area contributed by atoms with E-state index < -0.39 is 11.9 Å². The second-order valence-electron chi connectivity index (χ2n) is 3.87. The SMILES string of the molecule is CC(C(=O)O)=C(C)C(=O)NCc1cccc(Cl)c1. The van der Waals surface area contributed by atoms with E-state index in [1.54, 1.807) is 18.2 Å². The first-order valence-corrected chi connectivity index (χ1v) is 5.73. The highest BCUT2D eigenvalue weighted by atomic mass is 35.5. The van der Waals surface area contributed by atoms with Crippen LogP contribution in [0.5, 0.6) is 0 Å². The Labute approximate surface area is 110 Å². The highest BCUT2D eigenvalue weighted by Crippen LogP contribution is 2.10. The predicted molar refractivity (Wildman–Crippen MR) is 69.3 cm³/mol. The summed E-state index contributed by atoms with van der Waals surface area (Å²) in [6.07, 6.45) is 0. The van der Waals surface area contributed by atoms with Crippen LogP contribution in [0.2, 0.25) is 5.02 Å². The van der Waals surface area contributed by atoms with Crippen molar-refractivity contribution in [3.8, 4) is 0 Å². The fourth-order valence-corrected chi connectivity index (χ4v) is 1.51. The van der Waals surface area contributed by atoms with E-state index in [2.05, 4.69) is 5.32 Å². The second kappa shape index (κ2) is 6.21. The Hall–Kier alpha value is -1.81. The number of rotatable bonds is 4. The van der Waals surface area contributed by atoms with Gasteiger partial charge in [0.05, 0.1) is 0 Å². The van der Waals surface area contributed by atoms with E-state index in [9.17, 15) is 9.59 Å². The number of hydrogen-bond acceptors (Lipinski definition) is 2. The van der Waals surface area contributed by atoms with Gasteiger partial charge in [0, 0.05) is 22.7 Å². The minimum Gasteiger partial charge on any atom is -0.478 e. The number of nitrogens with one attached hydrogen (secondary N) is 1. The lowest BCUT2D eigenvalue weighted by Gasteiger charge is -2.07. The summed E-state index contributed by atoms with van der Waals surface area (Å²) in [6, 6.07) is 7.10. The smallest absolute Gasteiger partial charge is 0.331 e. The van der Waals surface area contributed by atoms with Gasteiger partial charge in [-0.1, -0.05) is 23.7 Å². The fourth-order valence-electron chi connectivity index (χ4n) is 1.29. The number of carboxylic acid groups (broad SMARTS) is 1. The molecule has 0 aliphatic heterocycles. The molecule has 2 N–H and O–H groups in total. The largest absolute Gasteiger partial charge is 0.478 e. The van der Waals surface area contributed by atoms with E-state index in [0.717, 1.165) is 5.56 Å². The van der Waals surface area contributed by atoms with Crippen molar-refractivity contribution in [1.82, 2.24) is 5.32 Å². The summed E-state index contributed by atoms with van der Waals surface area (Å²) in [5.41, 5.74) is 1.10. The van der Waals surface area contributed by atoms with Crippen molar-refractivity contribution in [2.75, 3.05) is 0 Å². The third-order valence-electron chi connectivity index (χ3n) is 2.57. The number of halogens is 1. The van der Waals surface area contributed by atoms with E-state index in [4.69, 9.17) is 16.7 Å². The summed E-state index contributed by atoms with van der Waals surface area (Å²) < 4.78 is 0. The van der Waals surface area contributed by atoms with Crippen LogP contribution < -0.4 is 5.32 Å². The molecule has 0 radical (unpaired) electrons. The van der Waals surface area contributed by atoms with Crippen LogP contribution in [0.3, 0.4) is 0 Å². The minimum absolute atomic E-state index is 0.0404. The first-order valence-electron chi connectivity index (χ1n) is 5.35. The van der Waals surface area contributed by atoms with Crippen molar-refractivity contribution in [3.05, 3.63) is 46.0 Å². The van der Waals surface area contributed by atoms with E-state index in [1.807, 2.05) is 6.07 Å². The molecule has 5 heteroatoms. The third-order valence-corrected chi connectivity index (χ3v) is 2.80. The zero-order valence-corrected chi connectivity index (χ0v) is 10.9. The van der Waals surface area contributed by atoms with Gasteiger partial charge in [0.2, 0.25) is 5.91 Å². The molecule has 0 saturated heterocycles. The van der Waals surface area contributed by atoms with E-state index in [-0.39, 0.29) is 11.1 Å². The number of carbonyl (C=O) groups is 2. The molecule has 0 aliphatic carbocycles. The molecular formula is C13H14ClNO3. The quantitative estimate of drug-likeness (QED) is 0.823. The normalized spacial score (nSPS) is 11.7. The molecule has 1 aromatic rings. The minimum atomic E-state index is -1.09. The summed E-state index contributed by atoms with van der Waals surface area (Å²) in [5.74, 6) is -1.49. The van der Waals surface area contributed by atoms with Gasteiger partial charge in [-0.05, 0) is 31.5 Å².